The van der Waals surface area contributed by atoms with Crippen molar-refractivity contribution in [3.8, 4) is 5.75 Å². The summed E-state index contributed by atoms with van der Waals surface area (Å²) >= 11 is 0. The lowest BCUT2D eigenvalue weighted by Gasteiger charge is -2.12. The normalized spacial score (nSPS) is 10.8. The van der Waals surface area contributed by atoms with Gasteiger partial charge < -0.3 is 10.1 Å². The topological polar surface area (TPSA) is 67.0 Å². The minimum absolute atomic E-state index is 0.0310. The molecule has 2 aromatic rings. The summed E-state index contributed by atoms with van der Waals surface area (Å²) in [5.41, 5.74) is 3.20. The Labute approximate surface area is 131 Å². The highest BCUT2D eigenvalue weighted by Crippen LogP contribution is 2.24. The monoisotopic (exact) mass is 301 g/mol. The first-order valence-electron chi connectivity index (χ1n) is 7.57. The fourth-order valence-corrected chi connectivity index (χ4v) is 2.06. The summed E-state index contributed by atoms with van der Waals surface area (Å²) < 4.78 is 5.64. The predicted molar refractivity (Wildman–Crippen MR) is 87.4 cm³/mol. The van der Waals surface area contributed by atoms with Crippen LogP contribution in [0.3, 0.4) is 0 Å². The summed E-state index contributed by atoms with van der Waals surface area (Å²) in [5.74, 6) is 1.48. The van der Waals surface area contributed by atoms with Crippen LogP contribution in [0.5, 0.6) is 5.75 Å². The van der Waals surface area contributed by atoms with Gasteiger partial charge in [0.1, 0.15) is 5.75 Å². The minimum atomic E-state index is -0.219. The van der Waals surface area contributed by atoms with Crippen LogP contribution in [-0.4, -0.2) is 22.7 Å². The number of hydrogen-bond donors (Lipinski definition) is 2. The van der Waals surface area contributed by atoms with Gasteiger partial charge in [-0.15, -0.1) is 0 Å². The Morgan fingerprint density at radius 1 is 1.36 bits per heavy atom. The molecule has 0 aliphatic carbocycles. The van der Waals surface area contributed by atoms with Crippen molar-refractivity contribution in [3.63, 3.8) is 0 Å². The van der Waals surface area contributed by atoms with Crippen molar-refractivity contribution in [2.24, 2.45) is 0 Å². The van der Waals surface area contributed by atoms with Gasteiger partial charge in [0.2, 0.25) is 0 Å². The Hall–Kier alpha value is -2.30. The van der Waals surface area contributed by atoms with Crippen molar-refractivity contribution in [3.05, 3.63) is 41.1 Å². The first-order chi connectivity index (χ1) is 10.5. The number of aromatic nitrogens is 2. The van der Waals surface area contributed by atoms with Crippen LogP contribution in [0.2, 0.25) is 0 Å². The molecule has 0 unspecified atom stereocenters. The van der Waals surface area contributed by atoms with Gasteiger partial charge in [0.15, 0.2) is 12.4 Å². The van der Waals surface area contributed by atoms with E-state index in [4.69, 9.17) is 4.74 Å². The van der Waals surface area contributed by atoms with Crippen LogP contribution >= 0.6 is 0 Å². The van der Waals surface area contributed by atoms with Gasteiger partial charge >= 0.3 is 0 Å². The molecule has 5 heteroatoms. The van der Waals surface area contributed by atoms with E-state index >= 15 is 0 Å². The number of anilines is 1. The maximum atomic E-state index is 11.9. The Bertz CT molecular complexity index is 647. The van der Waals surface area contributed by atoms with Crippen LogP contribution in [-0.2, 0) is 11.2 Å². The largest absolute Gasteiger partial charge is 0.483 e. The van der Waals surface area contributed by atoms with Gasteiger partial charge in [-0.1, -0.05) is 32.9 Å². The van der Waals surface area contributed by atoms with E-state index in [1.807, 2.05) is 32.0 Å². The van der Waals surface area contributed by atoms with Crippen molar-refractivity contribution in [1.29, 1.82) is 0 Å². The summed E-state index contributed by atoms with van der Waals surface area (Å²) in [7, 11) is 0. The van der Waals surface area contributed by atoms with Crippen LogP contribution in [0.1, 0.15) is 43.5 Å². The van der Waals surface area contributed by atoms with Crippen molar-refractivity contribution < 1.29 is 9.53 Å². The molecule has 1 aromatic carbocycles. The molecule has 0 saturated heterocycles. The van der Waals surface area contributed by atoms with E-state index in [1.54, 1.807) is 0 Å². The van der Waals surface area contributed by atoms with Crippen LogP contribution in [0, 0.1) is 6.92 Å². The molecule has 0 aliphatic rings. The third kappa shape index (κ3) is 4.10. The van der Waals surface area contributed by atoms with Crippen LogP contribution in [0.4, 0.5) is 5.82 Å². The fraction of sp³-hybridized carbons (Fsp3) is 0.412. The third-order valence-corrected chi connectivity index (χ3v) is 3.52. The number of nitrogens with zero attached hydrogens (tertiary/aromatic N) is 1. The highest BCUT2D eigenvalue weighted by molar-refractivity contribution is 5.91. The van der Waals surface area contributed by atoms with E-state index in [2.05, 4.69) is 35.4 Å². The number of benzene rings is 1. The number of aryl methyl sites for hydroxylation is 2. The zero-order valence-electron chi connectivity index (χ0n) is 13.6. The molecule has 0 aliphatic heterocycles. The predicted octanol–water partition coefficient (Wildman–Crippen LogP) is 3.42. The van der Waals surface area contributed by atoms with Crippen LogP contribution in [0.25, 0.3) is 0 Å². The van der Waals surface area contributed by atoms with Crippen LogP contribution < -0.4 is 10.1 Å². The van der Waals surface area contributed by atoms with E-state index in [0.29, 0.717) is 11.7 Å². The minimum Gasteiger partial charge on any atom is -0.483 e. The molecule has 2 rings (SSSR count). The van der Waals surface area contributed by atoms with E-state index in [1.165, 1.54) is 5.56 Å². The molecule has 1 aromatic heterocycles. The van der Waals surface area contributed by atoms with E-state index in [0.717, 1.165) is 23.4 Å². The van der Waals surface area contributed by atoms with Gasteiger partial charge in [0, 0.05) is 11.8 Å². The highest BCUT2D eigenvalue weighted by atomic mass is 16.5. The molecule has 0 fully saturated rings. The van der Waals surface area contributed by atoms with E-state index in [-0.39, 0.29) is 12.5 Å². The Morgan fingerprint density at radius 3 is 2.77 bits per heavy atom. The molecule has 1 amide bonds. The molecule has 0 radical (unpaired) electrons. The molecule has 5 nitrogen and oxygen atoms in total. The second-order valence-corrected chi connectivity index (χ2v) is 5.65. The highest BCUT2D eigenvalue weighted by Gasteiger charge is 2.09. The summed E-state index contributed by atoms with van der Waals surface area (Å²) in [5, 5.41) is 9.60. The number of carbonyl (C=O) groups is 1. The Kier molecular flexibility index (Phi) is 5.20. The molecule has 0 atom stereocenters. The van der Waals surface area contributed by atoms with Crippen molar-refractivity contribution in [2.45, 2.75) is 40.0 Å². The molecular weight excluding hydrogens is 278 g/mol. The van der Waals surface area contributed by atoms with E-state index < -0.39 is 0 Å². The second kappa shape index (κ2) is 7.11. The third-order valence-electron chi connectivity index (χ3n) is 3.52. The molecule has 1 heterocycles. The van der Waals surface area contributed by atoms with Gasteiger partial charge in [-0.05, 0) is 36.5 Å². The van der Waals surface area contributed by atoms with Gasteiger partial charge in [-0.2, -0.15) is 5.10 Å². The number of aromatic amines is 1. The molecule has 0 spiro atoms. The molecular formula is C17H23N3O2. The molecule has 0 bridgehead atoms. The lowest BCUT2D eigenvalue weighted by atomic mass is 10.0. The van der Waals surface area contributed by atoms with Crippen molar-refractivity contribution in [2.75, 3.05) is 11.9 Å². The molecule has 2 N–H and O–H groups in total. The number of H-pyrrole nitrogens is 1. The number of nitrogens with one attached hydrogen (secondary N) is 2. The molecule has 22 heavy (non-hydrogen) atoms. The molecule has 0 saturated carbocycles. The van der Waals surface area contributed by atoms with Crippen LogP contribution in [0.15, 0.2) is 24.3 Å². The lowest BCUT2D eigenvalue weighted by Crippen LogP contribution is -2.20. The maximum absolute atomic E-state index is 11.9. The summed E-state index contributed by atoms with van der Waals surface area (Å²) in [4.78, 5) is 11.9. The van der Waals surface area contributed by atoms with Gasteiger partial charge in [-0.3, -0.25) is 9.89 Å². The van der Waals surface area contributed by atoms with Crippen molar-refractivity contribution >= 4 is 11.7 Å². The van der Waals surface area contributed by atoms with Crippen molar-refractivity contribution in [1.82, 2.24) is 10.2 Å². The smallest absolute Gasteiger partial charge is 0.263 e. The quantitative estimate of drug-likeness (QED) is 0.859. The first kappa shape index (κ1) is 16.1. The Balaban J connectivity index is 1.94. The summed E-state index contributed by atoms with van der Waals surface area (Å²) in [6.07, 6.45) is 0.848. The number of amides is 1. The lowest BCUT2D eigenvalue weighted by molar-refractivity contribution is -0.118. The first-order valence-corrected chi connectivity index (χ1v) is 7.57. The zero-order chi connectivity index (χ0) is 16.1. The van der Waals surface area contributed by atoms with E-state index in [9.17, 15) is 4.79 Å². The number of ether oxygens (including phenoxy) is 1. The number of carbonyl (C=O) groups excluding carboxylic acids is 1. The summed E-state index contributed by atoms with van der Waals surface area (Å²) in [6.45, 7) is 8.22. The van der Waals surface area contributed by atoms with Gasteiger partial charge in [-0.25, -0.2) is 0 Å². The Morgan fingerprint density at radius 2 is 2.14 bits per heavy atom. The number of rotatable bonds is 6. The molecule has 118 valence electrons. The van der Waals surface area contributed by atoms with Gasteiger partial charge in [0.25, 0.3) is 5.91 Å². The fourth-order valence-electron chi connectivity index (χ4n) is 2.06. The average molecular weight is 301 g/mol. The standard InChI is InChI=1S/C17H23N3O2/c1-5-14-9-16(20-19-14)18-17(21)10-22-15-8-13(11(2)3)7-6-12(15)4/h6-9,11H,5,10H2,1-4H3,(H2,18,19,20,21). The second-order valence-electron chi connectivity index (χ2n) is 5.65. The SMILES string of the molecule is CCc1cc(NC(=O)COc2cc(C(C)C)ccc2C)n[nH]1. The zero-order valence-corrected chi connectivity index (χ0v) is 13.6. The maximum Gasteiger partial charge on any atom is 0.263 e. The average Bonchev–Trinajstić information content (AvgIpc) is 2.93. The summed E-state index contributed by atoms with van der Waals surface area (Å²) in [6, 6.07) is 7.92. The van der Waals surface area contributed by atoms with Gasteiger partial charge in [0.05, 0.1) is 0 Å². The number of hydrogen-bond acceptors (Lipinski definition) is 3.